The summed E-state index contributed by atoms with van der Waals surface area (Å²) in [5, 5.41) is 2.78. The predicted molar refractivity (Wildman–Crippen MR) is 53.4 cm³/mol. The molecule has 0 aromatic carbocycles. The number of nitrogens with one attached hydrogen (secondary N) is 1. The van der Waals surface area contributed by atoms with Gasteiger partial charge < -0.3 is 0 Å². The molecule has 0 radical (unpaired) electrons. The number of carbonyl (C=O) groups is 1. The molecule has 2 N–H and O–H groups in total. The standard InChI is InChI=1S/C10H21INO2/c1-9(11-14)7-5-3-4-6-8-12-10(2)13/h9,14H,3-8H2,1-2H3,(H,12,13)/q-1/t9-/m1/s1. The average molecular weight is 314 g/mol. The Morgan fingerprint density at radius 1 is 1.36 bits per heavy atom. The van der Waals surface area contributed by atoms with Crippen molar-refractivity contribution in [3.8, 4) is 0 Å². The summed E-state index contributed by atoms with van der Waals surface area (Å²) in [4.78, 5) is 10.5. The minimum absolute atomic E-state index is 0.0589. The molecule has 0 aliphatic heterocycles. The van der Waals surface area contributed by atoms with Gasteiger partial charge in [-0.3, -0.25) is 0 Å². The first-order valence-electron chi connectivity index (χ1n) is 5.18. The SMILES string of the molecule is CC(=O)NCCCCCC[C@@H](C)[I-]O. The molecule has 0 unspecified atom stereocenters. The Bertz CT molecular complexity index is 153. The van der Waals surface area contributed by atoms with Crippen molar-refractivity contribution in [2.24, 2.45) is 0 Å². The summed E-state index contributed by atoms with van der Waals surface area (Å²) in [5.41, 5.74) is 0. The molecule has 0 rings (SSSR count). The molecule has 0 aromatic heterocycles. The normalized spacial score (nSPS) is 12.8. The number of hydrogen-bond acceptors (Lipinski definition) is 2. The Morgan fingerprint density at radius 3 is 2.57 bits per heavy atom. The Labute approximate surface area is 97.5 Å². The Morgan fingerprint density at radius 2 is 2.00 bits per heavy atom. The average Bonchev–Trinajstić information content (AvgIpc) is 2.15. The molecule has 1 amide bonds. The van der Waals surface area contributed by atoms with Gasteiger partial charge in [-0.15, -0.1) is 0 Å². The molecule has 14 heavy (non-hydrogen) atoms. The first-order valence-corrected chi connectivity index (χ1v) is 7.39. The van der Waals surface area contributed by atoms with E-state index in [0.29, 0.717) is 3.92 Å². The first-order chi connectivity index (χ1) is 6.66. The molecule has 0 aliphatic carbocycles. The van der Waals surface area contributed by atoms with E-state index in [1.54, 1.807) is 6.92 Å². The molecule has 0 saturated carbocycles. The first kappa shape index (κ1) is 14.2. The fourth-order valence-electron chi connectivity index (χ4n) is 1.22. The van der Waals surface area contributed by atoms with Crippen molar-refractivity contribution in [3.05, 3.63) is 0 Å². The molecule has 3 nitrogen and oxygen atoms in total. The van der Waals surface area contributed by atoms with Gasteiger partial charge in [0.25, 0.3) is 0 Å². The van der Waals surface area contributed by atoms with Gasteiger partial charge in [0.1, 0.15) is 0 Å². The maximum absolute atomic E-state index is 10.5. The molecule has 0 bridgehead atoms. The number of amides is 1. The van der Waals surface area contributed by atoms with Crippen LogP contribution >= 0.6 is 0 Å². The molecule has 4 heteroatoms. The van der Waals surface area contributed by atoms with Gasteiger partial charge in [0.05, 0.1) is 0 Å². The van der Waals surface area contributed by atoms with Gasteiger partial charge in [0, 0.05) is 0 Å². The predicted octanol–water partition coefficient (Wildman–Crippen LogP) is -1.54. The number of carbonyl (C=O) groups excluding carboxylic acids is 1. The molecular weight excluding hydrogens is 293 g/mol. The van der Waals surface area contributed by atoms with Crippen LogP contribution < -0.4 is 26.9 Å². The zero-order chi connectivity index (χ0) is 10.8. The Kier molecular flexibility index (Phi) is 9.82. The van der Waals surface area contributed by atoms with Gasteiger partial charge >= 0.3 is 97.5 Å². The van der Waals surface area contributed by atoms with E-state index < -0.39 is 21.6 Å². The van der Waals surface area contributed by atoms with Crippen LogP contribution in [0.3, 0.4) is 0 Å². The van der Waals surface area contributed by atoms with Crippen LogP contribution in [0.25, 0.3) is 0 Å². The van der Waals surface area contributed by atoms with E-state index in [4.69, 9.17) is 3.44 Å². The summed E-state index contributed by atoms with van der Waals surface area (Å²) in [7, 11) is 0. The van der Waals surface area contributed by atoms with E-state index in [-0.39, 0.29) is 5.91 Å². The third kappa shape index (κ3) is 10.2. The van der Waals surface area contributed by atoms with Gasteiger partial charge in [0.2, 0.25) is 0 Å². The van der Waals surface area contributed by atoms with Gasteiger partial charge in [0.15, 0.2) is 0 Å². The van der Waals surface area contributed by atoms with E-state index in [2.05, 4.69) is 12.2 Å². The van der Waals surface area contributed by atoms with E-state index in [9.17, 15) is 4.79 Å². The van der Waals surface area contributed by atoms with Crippen LogP contribution in [-0.2, 0) is 4.79 Å². The van der Waals surface area contributed by atoms with Crippen molar-refractivity contribution < 1.29 is 29.9 Å². The van der Waals surface area contributed by atoms with Gasteiger partial charge in [-0.25, -0.2) is 0 Å². The van der Waals surface area contributed by atoms with Crippen molar-refractivity contribution in [2.75, 3.05) is 6.54 Å². The van der Waals surface area contributed by atoms with E-state index in [1.165, 1.54) is 19.3 Å². The molecule has 0 fully saturated rings. The summed E-state index contributed by atoms with van der Waals surface area (Å²) in [5.74, 6) is 0.0589. The maximum atomic E-state index is 10.5. The second-order valence-electron chi connectivity index (χ2n) is 3.56. The topological polar surface area (TPSA) is 49.3 Å². The third-order valence-electron chi connectivity index (χ3n) is 2.07. The number of unbranched alkanes of at least 4 members (excludes halogenated alkanes) is 3. The number of hydrogen-bond donors (Lipinski definition) is 2. The molecule has 0 aliphatic rings. The second-order valence-corrected chi connectivity index (χ2v) is 6.25. The van der Waals surface area contributed by atoms with E-state index in [1.807, 2.05) is 0 Å². The molecule has 0 saturated heterocycles. The quantitative estimate of drug-likeness (QED) is 0.324. The molecular formula is C10H21INO2-. The van der Waals surface area contributed by atoms with Crippen LogP contribution in [0.5, 0.6) is 0 Å². The number of rotatable bonds is 8. The van der Waals surface area contributed by atoms with Crippen LogP contribution in [0, 0.1) is 0 Å². The monoisotopic (exact) mass is 314 g/mol. The molecule has 86 valence electrons. The van der Waals surface area contributed by atoms with Gasteiger partial charge in [-0.05, 0) is 0 Å². The third-order valence-corrected chi connectivity index (χ3v) is 3.64. The van der Waals surface area contributed by atoms with Gasteiger partial charge in [-0.2, -0.15) is 0 Å². The molecule has 0 spiro atoms. The van der Waals surface area contributed by atoms with Crippen molar-refractivity contribution >= 4 is 5.91 Å². The number of halogens is 1. The van der Waals surface area contributed by atoms with Crippen molar-refractivity contribution in [3.63, 3.8) is 0 Å². The minimum atomic E-state index is -0.551. The van der Waals surface area contributed by atoms with Crippen molar-refractivity contribution in [1.29, 1.82) is 0 Å². The van der Waals surface area contributed by atoms with Crippen LogP contribution in [0.15, 0.2) is 0 Å². The summed E-state index contributed by atoms with van der Waals surface area (Å²) in [6, 6.07) is 0. The summed E-state index contributed by atoms with van der Waals surface area (Å²) in [6.07, 6.45) is 5.83. The van der Waals surface area contributed by atoms with Crippen LogP contribution in [0.2, 0.25) is 0 Å². The summed E-state index contributed by atoms with van der Waals surface area (Å²) in [6.45, 7) is 4.47. The summed E-state index contributed by atoms with van der Waals surface area (Å²) >= 11 is -0.551. The molecule has 0 aromatic rings. The zero-order valence-electron chi connectivity index (χ0n) is 9.05. The van der Waals surface area contributed by atoms with Crippen molar-refractivity contribution in [1.82, 2.24) is 5.32 Å². The summed E-state index contributed by atoms with van der Waals surface area (Å²) < 4.78 is 9.44. The second kappa shape index (κ2) is 9.71. The molecule has 1 atom stereocenters. The van der Waals surface area contributed by atoms with E-state index >= 15 is 0 Å². The molecule has 0 heterocycles. The van der Waals surface area contributed by atoms with E-state index in [0.717, 1.165) is 19.4 Å². The van der Waals surface area contributed by atoms with Crippen LogP contribution in [0.4, 0.5) is 0 Å². The van der Waals surface area contributed by atoms with Gasteiger partial charge in [-0.1, -0.05) is 0 Å². The number of alkyl halides is 1. The Balaban J connectivity index is 3.02. The Hall–Kier alpha value is 0.160. The fourth-order valence-corrected chi connectivity index (χ4v) is 1.94. The van der Waals surface area contributed by atoms with Crippen LogP contribution in [-0.4, -0.2) is 19.8 Å². The fraction of sp³-hybridized carbons (Fsp3) is 0.900. The zero-order valence-corrected chi connectivity index (χ0v) is 11.2. The van der Waals surface area contributed by atoms with Crippen LogP contribution in [0.1, 0.15) is 46.0 Å². The van der Waals surface area contributed by atoms with Crippen molar-refractivity contribution in [2.45, 2.75) is 49.9 Å².